The van der Waals surface area contributed by atoms with E-state index < -0.39 is 0 Å². The van der Waals surface area contributed by atoms with Gasteiger partial charge in [0.2, 0.25) is 0 Å². The topological polar surface area (TPSA) is 33.5 Å². The van der Waals surface area contributed by atoms with E-state index in [9.17, 15) is 0 Å². The van der Waals surface area contributed by atoms with Gasteiger partial charge in [-0.1, -0.05) is 74.1 Å². The van der Waals surface area contributed by atoms with Crippen LogP contribution in [0.3, 0.4) is 0 Å². The zero-order valence-corrected chi connectivity index (χ0v) is 33.8. The van der Waals surface area contributed by atoms with E-state index in [4.69, 9.17) is 9.72 Å². The van der Waals surface area contributed by atoms with Crippen LogP contribution in [-0.2, 0) is 26.5 Å². The minimum absolute atomic E-state index is 0. The Labute approximate surface area is 327 Å². The summed E-state index contributed by atoms with van der Waals surface area (Å²) in [4.78, 5) is 9.15. The molecule has 2 aromatic heterocycles. The van der Waals surface area contributed by atoms with Crippen LogP contribution in [0, 0.1) is 53.4 Å². The van der Waals surface area contributed by atoms with Crippen molar-refractivity contribution in [1.82, 2.24) is 9.55 Å². The van der Waals surface area contributed by atoms with Crippen LogP contribution in [-0.4, -0.2) is 9.55 Å². The Morgan fingerprint density at radius 3 is 2.17 bits per heavy atom. The number of ether oxygens (including phenoxy) is 1. The smallest absolute Gasteiger partial charge is 0.135 e. The fourth-order valence-corrected chi connectivity index (χ4v) is 7.35. The molecule has 1 aliphatic rings. The molecule has 0 saturated carbocycles. The SMILES string of the molecule is Cc1cc(C)c(N2C=CN(c3[c-]c(Oc4[c-]c5c(c(-c6c(C)cccc6C)c4)c4ccccc4n5-c4cc(C(C)(C)C)ccn4)ccc3)[CH-]2)cc1C.[Pt]. The monoisotopic (exact) mass is 874 g/mol. The molecular weight excluding hydrogens is 832 g/mol. The van der Waals surface area contributed by atoms with Crippen LogP contribution in [0.25, 0.3) is 38.8 Å². The Kier molecular flexibility index (Phi) is 9.59. The van der Waals surface area contributed by atoms with Crippen LogP contribution in [0.1, 0.15) is 54.2 Å². The Bertz CT molecular complexity index is 2520. The van der Waals surface area contributed by atoms with Gasteiger partial charge in [0.05, 0.1) is 0 Å². The summed E-state index contributed by atoms with van der Waals surface area (Å²) < 4.78 is 8.96. The molecule has 5 nitrogen and oxygen atoms in total. The van der Waals surface area contributed by atoms with Crippen molar-refractivity contribution in [2.24, 2.45) is 0 Å². The summed E-state index contributed by atoms with van der Waals surface area (Å²) in [5.74, 6) is 2.08. The van der Waals surface area contributed by atoms with Gasteiger partial charge in [-0.15, -0.1) is 48.3 Å². The Morgan fingerprint density at radius 1 is 0.679 bits per heavy atom. The average molecular weight is 875 g/mol. The molecule has 0 spiro atoms. The number of fused-ring (bicyclic) bond motifs is 3. The number of rotatable bonds is 6. The van der Waals surface area contributed by atoms with Crippen LogP contribution in [0.4, 0.5) is 11.4 Å². The number of para-hydroxylation sites is 1. The van der Waals surface area contributed by atoms with Crippen LogP contribution >= 0.6 is 0 Å². The first-order valence-electron chi connectivity index (χ1n) is 17.9. The molecule has 1 aliphatic heterocycles. The van der Waals surface area contributed by atoms with Gasteiger partial charge in [-0.2, -0.15) is 6.07 Å². The molecule has 5 aromatic carbocycles. The standard InChI is InChI=1S/C47H43N4O.Pt/c1-30-13-11-14-31(2)45(30)40-27-38(28-43-46(40)39-17-9-10-18-41(39)51(43)44-25-35(19-20-48-44)47(6,7)8)52-37-16-12-15-36(26-37)49-21-22-50(29-49)42-24-33(4)32(3)23-34(42)5;/h9-25,27,29H,1-8H3;/q-3;. The van der Waals surface area contributed by atoms with Crippen molar-refractivity contribution >= 4 is 33.2 Å². The predicted molar refractivity (Wildman–Crippen MR) is 215 cm³/mol. The molecule has 53 heavy (non-hydrogen) atoms. The second kappa shape index (κ2) is 14.0. The third-order valence-corrected chi connectivity index (χ3v) is 10.2. The van der Waals surface area contributed by atoms with Crippen molar-refractivity contribution in [2.75, 3.05) is 9.80 Å². The third kappa shape index (κ3) is 6.68. The first-order chi connectivity index (χ1) is 25.0. The molecule has 8 rings (SSSR count). The number of anilines is 2. The summed E-state index contributed by atoms with van der Waals surface area (Å²) in [7, 11) is 0. The maximum Gasteiger partial charge on any atom is 0.135 e. The van der Waals surface area contributed by atoms with Gasteiger partial charge in [-0.05, 0) is 121 Å². The minimum atomic E-state index is -0.0321. The molecule has 7 aromatic rings. The largest absolute Gasteiger partial charge is 0.509 e. The maximum atomic E-state index is 6.73. The van der Waals surface area contributed by atoms with Gasteiger partial charge in [-0.3, -0.25) is 0 Å². The van der Waals surface area contributed by atoms with Gasteiger partial charge in [0.25, 0.3) is 0 Å². The Balaban J connectivity index is 0.00000435. The first-order valence-corrected chi connectivity index (χ1v) is 17.9. The fraction of sp³-hybridized carbons (Fsp3) is 0.191. The van der Waals surface area contributed by atoms with E-state index in [0.717, 1.165) is 44.6 Å². The molecule has 0 unspecified atom stereocenters. The van der Waals surface area contributed by atoms with E-state index in [1.165, 1.54) is 38.9 Å². The Hall–Kier alpha value is -5.12. The zero-order valence-electron chi connectivity index (χ0n) is 31.5. The van der Waals surface area contributed by atoms with Gasteiger partial charge in [0.1, 0.15) is 5.82 Å². The fourth-order valence-electron chi connectivity index (χ4n) is 7.35. The summed E-state index contributed by atoms with van der Waals surface area (Å²) in [6.07, 6.45) is 6.05. The first kappa shape index (κ1) is 36.2. The molecule has 6 heteroatoms. The van der Waals surface area contributed by atoms with Crippen molar-refractivity contribution in [1.29, 1.82) is 0 Å². The zero-order chi connectivity index (χ0) is 36.3. The van der Waals surface area contributed by atoms with E-state index in [1.807, 2.05) is 24.4 Å². The molecule has 0 radical (unpaired) electrons. The summed E-state index contributed by atoms with van der Waals surface area (Å²) in [6, 6.07) is 39.2. The van der Waals surface area contributed by atoms with Crippen LogP contribution in [0.2, 0.25) is 0 Å². The van der Waals surface area contributed by atoms with Gasteiger partial charge in [0.15, 0.2) is 0 Å². The molecule has 0 bridgehead atoms. The normalized spacial score (nSPS) is 12.9. The molecule has 0 amide bonds. The number of hydrogen-bond donors (Lipinski definition) is 0. The van der Waals surface area contributed by atoms with Crippen molar-refractivity contribution in [3.05, 3.63) is 162 Å². The molecule has 270 valence electrons. The summed E-state index contributed by atoms with van der Waals surface area (Å²) in [6.45, 7) is 19.6. The number of pyridine rings is 1. The Morgan fingerprint density at radius 2 is 1.40 bits per heavy atom. The third-order valence-electron chi connectivity index (χ3n) is 10.2. The van der Waals surface area contributed by atoms with Gasteiger partial charge in [-0.25, -0.2) is 4.98 Å². The van der Waals surface area contributed by atoms with Crippen LogP contribution in [0.5, 0.6) is 11.5 Å². The average Bonchev–Trinajstić information content (AvgIpc) is 3.73. The van der Waals surface area contributed by atoms with E-state index in [1.54, 1.807) is 0 Å². The van der Waals surface area contributed by atoms with Gasteiger partial charge < -0.3 is 19.1 Å². The van der Waals surface area contributed by atoms with Crippen molar-refractivity contribution in [3.63, 3.8) is 0 Å². The number of aryl methyl sites for hydroxylation is 5. The molecule has 0 fully saturated rings. The van der Waals surface area contributed by atoms with E-state index in [0.29, 0.717) is 11.5 Å². The molecule has 0 aliphatic carbocycles. The summed E-state index contributed by atoms with van der Waals surface area (Å²) in [5.41, 5.74) is 13.7. The van der Waals surface area contributed by atoms with Gasteiger partial charge in [0, 0.05) is 50.0 Å². The van der Waals surface area contributed by atoms with E-state index >= 15 is 0 Å². The number of aromatic nitrogens is 2. The number of hydrogen-bond acceptors (Lipinski definition) is 4. The molecular formula is C47H43N4OPt-3. The molecule has 0 atom stereocenters. The maximum absolute atomic E-state index is 6.73. The van der Waals surface area contributed by atoms with Crippen molar-refractivity contribution < 1.29 is 25.8 Å². The number of nitrogens with zero attached hydrogens (tertiary/aromatic N) is 4. The predicted octanol–water partition coefficient (Wildman–Crippen LogP) is 12.0. The second-order valence-corrected chi connectivity index (χ2v) is 15.0. The quantitative estimate of drug-likeness (QED) is 0.156. The summed E-state index contributed by atoms with van der Waals surface area (Å²) >= 11 is 0. The molecule has 0 saturated heterocycles. The van der Waals surface area contributed by atoms with Crippen LogP contribution in [0.15, 0.2) is 110 Å². The van der Waals surface area contributed by atoms with Gasteiger partial charge >= 0.3 is 0 Å². The number of benzene rings is 5. The van der Waals surface area contributed by atoms with Crippen molar-refractivity contribution in [3.8, 4) is 28.4 Å². The second-order valence-electron chi connectivity index (χ2n) is 15.0. The van der Waals surface area contributed by atoms with E-state index in [-0.39, 0.29) is 26.5 Å². The molecule has 0 N–H and O–H groups in total. The summed E-state index contributed by atoms with van der Waals surface area (Å²) in [5, 5.41) is 2.27. The molecule has 3 heterocycles. The van der Waals surface area contributed by atoms with Crippen LogP contribution < -0.4 is 14.5 Å². The minimum Gasteiger partial charge on any atom is -0.509 e. The van der Waals surface area contributed by atoms with Crippen molar-refractivity contribution in [2.45, 2.75) is 60.8 Å². The van der Waals surface area contributed by atoms with E-state index in [2.05, 4.69) is 174 Å².